The maximum Gasteiger partial charge on any atom is 0.115 e. The summed E-state index contributed by atoms with van der Waals surface area (Å²) in [5.74, 6) is 0.673. The first-order valence-electron chi connectivity index (χ1n) is 8.33. The second-order valence-electron chi connectivity index (χ2n) is 6.84. The lowest BCUT2D eigenvalue weighted by atomic mass is 9.81. The molecule has 2 N–H and O–H groups in total. The molecule has 0 aromatic heterocycles. The maximum absolute atomic E-state index is 9.59. The molecule has 0 amide bonds. The van der Waals surface area contributed by atoms with Crippen LogP contribution in [0.15, 0.2) is 29.4 Å². The minimum absolute atomic E-state index is 0.0798. The Labute approximate surface area is 142 Å². The number of phenols is 1. The normalized spacial score (nSPS) is 24.2. The van der Waals surface area contributed by atoms with Crippen molar-refractivity contribution in [2.24, 2.45) is 11.0 Å². The first-order valence-corrected chi connectivity index (χ1v) is 8.33. The monoisotopic (exact) mass is 334 g/mol. The minimum Gasteiger partial charge on any atom is -0.508 e. The number of aliphatic hydroxyl groups is 1. The van der Waals surface area contributed by atoms with Crippen LogP contribution in [-0.2, 0) is 11.4 Å². The Morgan fingerprint density at radius 1 is 1.42 bits per heavy atom. The zero-order valence-corrected chi connectivity index (χ0v) is 14.3. The predicted molar refractivity (Wildman–Crippen MR) is 91.0 cm³/mol. The van der Waals surface area contributed by atoms with E-state index in [0.29, 0.717) is 18.9 Å². The third-order valence-electron chi connectivity index (χ3n) is 4.39. The average Bonchev–Trinajstić information content (AvgIpc) is 2.84. The fourth-order valence-corrected chi connectivity index (χ4v) is 3.53. The number of benzene rings is 1. The van der Waals surface area contributed by atoms with Gasteiger partial charge in [-0.25, -0.2) is 0 Å². The molecule has 1 aliphatic rings. The molecule has 0 unspecified atom stereocenters. The quantitative estimate of drug-likeness (QED) is 0.432. The highest BCUT2D eigenvalue weighted by Gasteiger charge is 2.46. The van der Waals surface area contributed by atoms with Gasteiger partial charge in [0.25, 0.3) is 0 Å². The van der Waals surface area contributed by atoms with Gasteiger partial charge in [-0.05, 0) is 48.4 Å². The molecule has 1 fully saturated rings. The Morgan fingerprint density at radius 3 is 2.71 bits per heavy atom. The molecule has 132 valence electrons. The van der Waals surface area contributed by atoms with Crippen molar-refractivity contribution in [3.8, 4) is 5.75 Å². The van der Waals surface area contributed by atoms with Crippen molar-refractivity contribution in [3.05, 3.63) is 40.3 Å². The molecule has 0 spiro atoms. The SMILES string of the molecule is CC(C)C[C@]1(CCO)C[C@H](CN=[N+]=[N-])ON1Cc1ccc(O)cc1. The summed E-state index contributed by atoms with van der Waals surface area (Å²) in [6.07, 6.45) is 2.04. The highest BCUT2D eigenvalue weighted by molar-refractivity contribution is 5.26. The fourth-order valence-electron chi connectivity index (χ4n) is 3.53. The van der Waals surface area contributed by atoms with E-state index in [1.807, 2.05) is 17.2 Å². The van der Waals surface area contributed by atoms with Crippen LogP contribution >= 0.6 is 0 Å². The number of hydrogen-bond acceptors (Lipinski definition) is 5. The van der Waals surface area contributed by atoms with Gasteiger partial charge < -0.3 is 10.2 Å². The summed E-state index contributed by atoms with van der Waals surface area (Å²) >= 11 is 0. The lowest BCUT2D eigenvalue weighted by Crippen LogP contribution is -2.44. The first-order chi connectivity index (χ1) is 11.5. The molecule has 1 heterocycles. The Kier molecular flexibility index (Phi) is 6.45. The van der Waals surface area contributed by atoms with E-state index in [4.69, 9.17) is 10.4 Å². The van der Waals surface area contributed by atoms with Crippen LogP contribution < -0.4 is 0 Å². The smallest absolute Gasteiger partial charge is 0.115 e. The summed E-state index contributed by atoms with van der Waals surface area (Å²) in [5.41, 5.74) is 9.29. The van der Waals surface area contributed by atoms with Crippen LogP contribution in [0, 0.1) is 5.92 Å². The van der Waals surface area contributed by atoms with Gasteiger partial charge in [0.1, 0.15) is 5.75 Å². The number of hydroxylamine groups is 2. The summed E-state index contributed by atoms with van der Waals surface area (Å²) in [4.78, 5) is 8.88. The van der Waals surface area contributed by atoms with Gasteiger partial charge in [-0.15, -0.1) is 0 Å². The molecule has 7 heteroatoms. The topological polar surface area (TPSA) is 102 Å². The number of hydrogen-bond donors (Lipinski definition) is 2. The molecule has 0 radical (unpaired) electrons. The van der Waals surface area contributed by atoms with Crippen LogP contribution in [0.3, 0.4) is 0 Å². The van der Waals surface area contributed by atoms with Crippen molar-refractivity contribution in [2.75, 3.05) is 13.2 Å². The van der Waals surface area contributed by atoms with Crippen LogP contribution in [0.1, 0.15) is 38.7 Å². The number of rotatable bonds is 8. The van der Waals surface area contributed by atoms with Crippen LogP contribution in [0.5, 0.6) is 5.75 Å². The Balaban J connectivity index is 2.23. The second-order valence-corrected chi connectivity index (χ2v) is 6.84. The van der Waals surface area contributed by atoms with Crippen molar-refractivity contribution in [1.29, 1.82) is 0 Å². The highest BCUT2D eigenvalue weighted by Crippen LogP contribution is 2.40. The predicted octanol–water partition coefficient (Wildman–Crippen LogP) is 3.38. The van der Waals surface area contributed by atoms with E-state index in [1.165, 1.54) is 0 Å². The number of aliphatic hydroxyl groups excluding tert-OH is 1. The van der Waals surface area contributed by atoms with E-state index in [2.05, 4.69) is 23.9 Å². The largest absolute Gasteiger partial charge is 0.508 e. The summed E-state index contributed by atoms with van der Waals surface area (Å²) in [5, 5.41) is 24.6. The van der Waals surface area contributed by atoms with Crippen LogP contribution in [0.25, 0.3) is 10.4 Å². The number of azide groups is 1. The summed E-state index contributed by atoms with van der Waals surface area (Å²) in [6, 6.07) is 7.02. The fraction of sp³-hybridized carbons (Fsp3) is 0.647. The Morgan fingerprint density at radius 2 is 2.12 bits per heavy atom. The van der Waals surface area contributed by atoms with Crippen molar-refractivity contribution in [1.82, 2.24) is 5.06 Å². The number of phenolic OH excluding ortho intramolecular Hbond substituents is 1. The second kappa shape index (κ2) is 8.35. The van der Waals surface area contributed by atoms with Gasteiger partial charge in [0.2, 0.25) is 0 Å². The minimum atomic E-state index is -0.281. The van der Waals surface area contributed by atoms with E-state index in [9.17, 15) is 10.2 Å². The van der Waals surface area contributed by atoms with Crippen LogP contribution in [-0.4, -0.2) is 40.1 Å². The van der Waals surface area contributed by atoms with Gasteiger partial charge in [-0.1, -0.05) is 31.1 Å². The third kappa shape index (κ3) is 4.61. The summed E-state index contributed by atoms with van der Waals surface area (Å²) < 4.78 is 0. The standard InChI is InChI=1S/C17H26N4O3/c1-13(2)9-17(7-8-22)10-16(11-19-20-18)24-21(17)12-14-3-5-15(23)6-4-14/h3-6,13,16,22-23H,7-12H2,1-2H3/t16-,17-/m1/s1. The van der Waals surface area contributed by atoms with Gasteiger partial charge in [-0.3, -0.25) is 4.84 Å². The average molecular weight is 334 g/mol. The molecule has 1 aromatic carbocycles. The molecule has 2 atom stereocenters. The molecular weight excluding hydrogens is 308 g/mol. The van der Waals surface area contributed by atoms with E-state index in [0.717, 1.165) is 18.4 Å². The van der Waals surface area contributed by atoms with E-state index >= 15 is 0 Å². The maximum atomic E-state index is 9.59. The van der Waals surface area contributed by atoms with Crippen molar-refractivity contribution in [3.63, 3.8) is 0 Å². The molecule has 0 bridgehead atoms. The van der Waals surface area contributed by atoms with E-state index in [-0.39, 0.29) is 30.5 Å². The Hall–Kier alpha value is -1.79. The van der Waals surface area contributed by atoms with Crippen molar-refractivity contribution >= 4 is 0 Å². The lowest BCUT2D eigenvalue weighted by Gasteiger charge is -2.37. The Bertz CT molecular complexity index is 572. The van der Waals surface area contributed by atoms with E-state index < -0.39 is 0 Å². The molecule has 0 aliphatic carbocycles. The van der Waals surface area contributed by atoms with Gasteiger partial charge in [0.15, 0.2) is 0 Å². The number of nitrogens with zero attached hydrogens (tertiary/aromatic N) is 4. The summed E-state index contributed by atoms with van der Waals surface area (Å²) in [6.45, 7) is 5.22. The van der Waals surface area contributed by atoms with E-state index in [1.54, 1.807) is 12.1 Å². The van der Waals surface area contributed by atoms with Gasteiger partial charge in [0, 0.05) is 18.1 Å². The summed E-state index contributed by atoms with van der Waals surface area (Å²) in [7, 11) is 0. The number of aromatic hydroxyl groups is 1. The van der Waals surface area contributed by atoms with Crippen molar-refractivity contribution < 1.29 is 15.1 Å². The lowest BCUT2D eigenvalue weighted by molar-refractivity contribution is -0.199. The van der Waals surface area contributed by atoms with Crippen LogP contribution in [0.4, 0.5) is 0 Å². The molecule has 24 heavy (non-hydrogen) atoms. The van der Waals surface area contributed by atoms with Gasteiger partial charge >= 0.3 is 0 Å². The first kappa shape index (κ1) is 18.5. The van der Waals surface area contributed by atoms with Crippen molar-refractivity contribution in [2.45, 2.75) is 51.3 Å². The molecule has 0 saturated carbocycles. The zero-order chi connectivity index (χ0) is 17.6. The molecule has 7 nitrogen and oxygen atoms in total. The zero-order valence-electron chi connectivity index (χ0n) is 14.3. The molecule has 1 aromatic rings. The molecule has 2 rings (SSSR count). The molecular formula is C17H26N4O3. The third-order valence-corrected chi connectivity index (χ3v) is 4.39. The van der Waals surface area contributed by atoms with Gasteiger partial charge in [0.05, 0.1) is 18.2 Å². The highest BCUT2D eigenvalue weighted by atomic mass is 16.7. The van der Waals surface area contributed by atoms with Gasteiger partial charge in [-0.2, -0.15) is 5.06 Å². The molecule has 1 aliphatic heterocycles. The van der Waals surface area contributed by atoms with Crippen LogP contribution in [0.2, 0.25) is 0 Å². The molecule has 1 saturated heterocycles.